The molecule has 0 bridgehead atoms. The van der Waals surface area contributed by atoms with Crippen LogP contribution in [-0.4, -0.2) is 40.4 Å². The largest absolute Gasteiger partial charge is 0.497 e. The number of ether oxygens (including phenoxy) is 4. The zero-order valence-electron chi connectivity index (χ0n) is 14.0. The Morgan fingerprint density at radius 1 is 0.917 bits per heavy atom. The molecule has 128 valence electrons. The second-order valence-corrected chi connectivity index (χ2v) is 4.82. The fraction of sp³-hybridized carbons (Fsp3) is 0.278. The third-order valence-corrected chi connectivity index (χ3v) is 3.35. The standard InChI is InChI=1S/C18H21NO5/c1-21-13-6-4-7-14(12-13)24-11-10-19-18(20)17-15(22-2)8-5-9-16(17)23-3/h4-9,12H,10-11H2,1-3H3,(H,19,20). The fourth-order valence-corrected chi connectivity index (χ4v) is 2.19. The molecule has 2 aromatic rings. The summed E-state index contributed by atoms with van der Waals surface area (Å²) in [6.07, 6.45) is 0. The van der Waals surface area contributed by atoms with Gasteiger partial charge in [-0.1, -0.05) is 12.1 Å². The van der Waals surface area contributed by atoms with Gasteiger partial charge in [0, 0.05) is 6.07 Å². The molecule has 1 N–H and O–H groups in total. The third-order valence-electron chi connectivity index (χ3n) is 3.35. The molecule has 6 heteroatoms. The summed E-state index contributed by atoms with van der Waals surface area (Å²) in [5.74, 6) is 2.04. The van der Waals surface area contributed by atoms with Crippen molar-refractivity contribution in [3.05, 3.63) is 48.0 Å². The van der Waals surface area contributed by atoms with Crippen molar-refractivity contribution in [2.24, 2.45) is 0 Å². The Bertz CT molecular complexity index is 665. The lowest BCUT2D eigenvalue weighted by atomic mass is 10.1. The van der Waals surface area contributed by atoms with Crippen molar-refractivity contribution in [2.45, 2.75) is 0 Å². The van der Waals surface area contributed by atoms with E-state index in [1.807, 2.05) is 18.2 Å². The summed E-state index contributed by atoms with van der Waals surface area (Å²) in [7, 11) is 4.62. The lowest BCUT2D eigenvalue weighted by Gasteiger charge is -2.13. The van der Waals surface area contributed by atoms with Gasteiger partial charge in [0.1, 0.15) is 35.2 Å². The Labute approximate surface area is 141 Å². The van der Waals surface area contributed by atoms with E-state index < -0.39 is 0 Å². The van der Waals surface area contributed by atoms with Crippen molar-refractivity contribution in [3.63, 3.8) is 0 Å². The van der Waals surface area contributed by atoms with Gasteiger partial charge < -0.3 is 24.3 Å². The van der Waals surface area contributed by atoms with Gasteiger partial charge in [0.15, 0.2) is 0 Å². The number of methoxy groups -OCH3 is 3. The normalized spacial score (nSPS) is 9.96. The zero-order chi connectivity index (χ0) is 17.4. The number of hydrogen-bond acceptors (Lipinski definition) is 5. The van der Waals surface area contributed by atoms with E-state index >= 15 is 0 Å². The molecule has 0 aliphatic carbocycles. The van der Waals surface area contributed by atoms with Crippen LogP contribution in [0.25, 0.3) is 0 Å². The lowest BCUT2D eigenvalue weighted by molar-refractivity contribution is 0.0940. The molecular formula is C18H21NO5. The number of benzene rings is 2. The molecule has 0 unspecified atom stereocenters. The van der Waals surface area contributed by atoms with Crippen molar-refractivity contribution in [3.8, 4) is 23.0 Å². The topological polar surface area (TPSA) is 66.0 Å². The number of rotatable bonds is 8. The summed E-state index contributed by atoms with van der Waals surface area (Å²) >= 11 is 0. The highest BCUT2D eigenvalue weighted by Gasteiger charge is 2.17. The minimum atomic E-state index is -0.279. The van der Waals surface area contributed by atoms with Gasteiger partial charge >= 0.3 is 0 Å². The Morgan fingerprint density at radius 3 is 2.17 bits per heavy atom. The highest BCUT2D eigenvalue weighted by Crippen LogP contribution is 2.27. The van der Waals surface area contributed by atoms with E-state index in [2.05, 4.69) is 5.32 Å². The van der Waals surface area contributed by atoms with Gasteiger partial charge in [0.05, 0.1) is 27.9 Å². The number of hydrogen-bond donors (Lipinski definition) is 1. The van der Waals surface area contributed by atoms with Crippen molar-refractivity contribution in [2.75, 3.05) is 34.5 Å². The Balaban J connectivity index is 1.92. The van der Waals surface area contributed by atoms with E-state index in [-0.39, 0.29) is 5.91 Å². The smallest absolute Gasteiger partial charge is 0.258 e. The zero-order valence-corrected chi connectivity index (χ0v) is 14.0. The van der Waals surface area contributed by atoms with Crippen LogP contribution in [0.5, 0.6) is 23.0 Å². The van der Waals surface area contributed by atoms with Crippen molar-refractivity contribution in [1.82, 2.24) is 5.32 Å². The highest BCUT2D eigenvalue weighted by molar-refractivity contribution is 5.99. The highest BCUT2D eigenvalue weighted by atomic mass is 16.5. The Morgan fingerprint density at radius 2 is 1.54 bits per heavy atom. The first-order chi connectivity index (χ1) is 11.7. The van der Waals surface area contributed by atoms with Gasteiger partial charge in [0.25, 0.3) is 5.91 Å². The van der Waals surface area contributed by atoms with E-state index in [0.717, 1.165) is 5.75 Å². The average Bonchev–Trinajstić information content (AvgIpc) is 2.64. The molecule has 0 saturated carbocycles. The van der Waals surface area contributed by atoms with Crippen LogP contribution in [0.3, 0.4) is 0 Å². The van der Waals surface area contributed by atoms with Crippen molar-refractivity contribution in [1.29, 1.82) is 0 Å². The SMILES string of the molecule is COc1cccc(OCCNC(=O)c2c(OC)cccc2OC)c1. The van der Waals surface area contributed by atoms with E-state index in [0.29, 0.717) is 36.0 Å². The number of nitrogens with one attached hydrogen (secondary N) is 1. The van der Waals surface area contributed by atoms with Crippen LogP contribution in [-0.2, 0) is 0 Å². The summed E-state index contributed by atoms with van der Waals surface area (Å²) in [6.45, 7) is 0.674. The third kappa shape index (κ3) is 4.32. The minimum absolute atomic E-state index is 0.279. The Hall–Kier alpha value is -2.89. The van der Waals surface area contributed by atoms with E-state index in [1.54, 1.807) is 31.4 Å². The summed E-state index contributed by atoms with van der Waals surface area (Å²) < 4.78 is 21.2. The van der Waals surface area contributed by atoms with Crippen LogP contribution in [0.4, 0.5) is 0 Å². The molecule has 2 aromatic carbocycles. The van der Waals surface area contributed by atoms with Crippen molar-refractivity contribution < 1.29 is 23.7 Å². The molecule has 24 heavy (non-hydrogen) atoms. The molecule has 2 rings (SSSR count). The van der Waals surface area contributed by atoms with E-state index in [1.165, 1.54) is 14.2 Å². The summed E-state index contributed by atoms with van der Waals surface area (Å²) in [5, 5.41) is 2.79. The number of amides is 1. The Kier molecular flexibility index (Phi) is 6.31. The summed E-state index contributed by atoms with van der Waals surface area (Å²) in [6, 6.07) is 12.5. The second kappa shape index (κ2) is 8.67. The number of carbonyl (C=O) groups is 1. The van der Waals surface area contributed by atoms with Gasteiger partial charge in [-0.2, -0.15) is 0 Å². The van der Waals surface area contributed by atoms with Gasteiger partial charge in [-0.25, -0.2) is 0 Å². The first-order valence-electron chi connectivity index (χ1n) is 7.45. The molecule has 0 aliphatic heterocycles. The maximum Gasteiger partial charge on any atom is 0.258 e. The second-order valence-electron chi connectivity index (χ2n) is 4.82. The molecule has 0 fully saturated rings. The summed E-state index contributed by atoms with van der Waals surface area (Å²) in [5.41, 5.74) is 0.365. The van der Waals surface area contributed by atoms with Crippen LogP contribution in [0.2, 0.25) is 0 Å². The van der Waals surface area contributed by atoms with Crippen LogP contribution in [0.15, 0.2) is 42.5 Å². The van der Waals surface area contributed by atoms with Crippen LogP contribution >= 0.6 is 0 Å². The average molecular weight is 331 g/mol. The van der Waals surface area contributed by atoms with Gasteiger partial charge in [-0.15, -0.1) is 0 Å². The van der Waals surface area contributed by atoms with Crippen LogP contribution in [0.1, 0.15) is 10.4 Å². The molecule has 6 nitrogen and oxygen atoms in total. The number of carbonyl (C=O) groups excluding carboxylic acids is 1. The molecule has 0 radical (unpaired) electrons. The van der Waals surface area contributed by atoms with Gasteiger partial charge in [-0.05, 0) is 24.3 Å². The molecule has 1 amide bonds. The molecular weight excluding hydrogens is 310 g/mol. The first kappa shape index (κ1) is 17.5. The minimum Gasteiger partial charge on any atom is -0.497 e. The summed E-state index contributed by atoms with van der Waals surface area (Å²) in [4.78, 5) is 12.4. The predicted octanol–water partition coefficient (Wildman–Crippen LogP) is 2.52. The van der Waals surface area contributed by atoms with Crippen LogP contribution in [0, 0.1) is 0 Å². The maximum atomic E-state index is 12.4. The maximum absolute atomic E-state index is 12.4. The molecule has 0 atom stereocenters. The van der Waals surface area contributed by atoms with E-state index in [4.69, 9.17) is 18.9 Å². The lowest BCUT2D eigenvalue weighted by Crippen LogP contribution is -2.28. The predicted molar refractivity (Wildman–Crippen MR) is 90.4 cm³/mol. The quantitative estimate of drug-likeness (QED) is 0.753. The van der Waals surface area contributed by atoms with Gasteiger partial charge in [0.2, 0.25) is 0 Å². The molecule has 0 saturated heterocycles. The van der Waals surface area contributed by atoms with E-state index in [9.17, 15) is 4.79 Å². The first-order valence-corrected chi connectivity index (χ1v) is 7.45. The fourth-order valence-electron chi connectivity index (χ4n) is 2.19. The molecule has 0 aromatic heterocycles. The molecule has 0 heterocycles. The van der Waals surface area contributed by atoms with Crippen molar-refractivity contribution >= 4 is 5.91 Å². The van der Waals surface area contributed by atoms with Gasteiger partial charge in [-0.3, -0.25) is 4.79 Å². The molecule has 0 aliphatic rings. The monoisotopic (exact) mass is 331 g/mol. The van der Waals surface area contributed by atoms with Crippen LogP contribution < -0.4 is 24.3 Å². The molecule has 0 spiro atoms.